The smallest absolute Gasteiger partial charge is 0.251 e. The van der Waals surface area contributed by atoms with Crippen LogP contribution in [0, 0.1) is 0 Å². The second kappa shape index (κ2) is 5.85. The molecular weight excluding hydrogens is 282 g/mol. The van der Waals surface area contributed by atoms with Gasteiger partial charge in [-0.15, -0.1) is 0 Å². The first-order valence-electron chi connectivity index (χ1n) is 6.48. The van der Waals surface area contributed by atoms with E-state index >= 15 is 0 Å². The number of benzene rings is 2. The van der Waals surface area contributed by atoms with Crippen molar-refractivity contribution < 1.29 is 4.84 Å². The largest absolute Gasteiger partial charge is 0.342 e. The Kier molecular flexibility index (Phi) is 3.75. The highest BCUT2D eigenvalue weighted by atomic mass is 32.1. The number of hydrogen-bond donors (Lipinski definition) is 0. The van der Waals surface area contributed by atoms with Gasteiger partial charge in [-0.05, 0) is 24.4 Å². The molecule has 0 fully saturated rings. The van der Waals surface area contributed by atoms with E-state index in [4.69, 9.17) is 17.1 Å². The number of thiocarbonyl (C=S) groups is 1. The van der Waals surface area contributed by atoms with Crippen molar-refractivity contribution in [1.29, 1.82) is 0 Å². The maximum absolute atomic E-state index is 5.19. The summed E-state index contributed by atoms with van der Waals surface area (Å²) in [5.74, 6) is 0. The molecule has 0 amide bonds. The third kappa shape index (κ3) is 2.83. The van der Waals surface area contributed by atoms with Gasteiger partial charge in [-0.1, -0.05) is 53.7 Å². The van der Waals surface area contributed by atoms with Crippen LogP contribution in [0.1, 0.15) is 5.56 Å². The van der Waals surface area contributed by atoms with Gasteiger partial charge in [0.15, 0.2) is 5.71 Å². The molecule has 0 spiro atoms. The Labute approximate surface area is 128 Å². The summed E-state index contributed by atoms with van der Waals surface area (Å²) < 4.78 is 0. The van der Waals surface area contributed by atoms with Crippen molar-refractivity contribution in [2.75, 3.05) is 12.1 Å². The molecule has 4 nitrogen and oxygen atoms in total. The zero-order chi connectivity index (χ0) is 14.7. The van der Waals surface area contributed by atoms with Crippen molar-refractivity contribution in [2.24, 2.45) is 10.3 Å². The van der Waals surface area contributed by atoms with Gasteiger partial charge in [0, 0.05) is 12.6 Å². The molecule has 0 bridgehead atoms. The fourth-order valence-electron chi connectivity index (χ4n) is 2.00. The van der Waals surface area contributed by atoms with Gasteiger partial charge < -0.3 is 4.84 Å². The number of hydrogen-bond acceptors (Lipinski definition) is 5. The SMILES string of the molecule is CN(/N=C1/C(=S)ON=C1c1ccccc1)c1ccccc1. The zero-order valence-electron chi connectivity index (χ0n) is 11.4. The van der Waals surface area contributed by atoms with Gasteiger partial charge in [0.05, 0.1) is 5.69 Å². The second-order valence-electron chi connectivity index (χ2n) is 4.49. The molecule has 3 rings (SSSR count). The summed E-state index contributed by atoms with van der Waals surface area (Å²) in [6.45, 7) is 0. The van der Waals surface area contributed by atoms with E-state index in [9.17, 15) is 0 Å². The lowest BCUT2D eigenvalue weighted by molar-refractivity contribution is 0.352. The van der Waals surface area contributed by atoms with Crippen LogP contribution in [0.2, 0.25) is 0 Å². The van der Waals surface area contributed by atoms with Gasteiger partial charge in [0.1, 0.15) is 5.71 Å². The zero-order valence-corrected chi connectivity index (χ0v) is 12.2. The van der Waals surface area contributed by atoms with Gasteiger partial charge in [-0.2, -0.15) is 5.10 Å². The molecule has 0 atom stereocenters. The Balaban J connectivity index is 1.94. The maximum Gasteiger partial charge on any atom is 0.251 e. The molecule has 1 heterocycles. The molecular formula is C16H13N3OS. The molecule has 0 N–H and O–H groups in total. The van der Waals surface area contributed by atoms with Crippen LogP contribution >= 0.6 is 12.2 Å². The summed E-state index contributed by atoms with van der Waals surface area (Å²) >= 11 is 5.19. The van der Waals surface area contributed by atoms with E-state index in [0.29, 0.717) is 11.4 Å². The summed E-state index contributed by atoms with van der Waals surface area (Å²) in [4.78, 5) is 5.13. The van der Waals surface area contributed by atoms with Crippen LogP contribution in [0.5, 0.6) is 0 Å². The van der Waals surface area contributed by atoms with Crippen LogP contribution in [0.25, 0.3) is 0 Å². The minimum atomic E-state index is 0.289. The normalized spacial score (nSPS) is 15.8. The number of oxime groups is 1. The Bertz CT molecular complexity index is 711. The van der Waals surface area contributed by atoms with Crippen molar-refractivity contribution >= 4 is 34.4 Å². The van der Waals surface area contributed by atoms with Crippen LogP contribution in [-0.4, -0.2) is 23.5 Å². The molecule has 104 valence electrons. The van der Waals surface area contributed by atoms with Crippen molar-refractivity contribution in [3.05, 3.63) is 66.2 Å². The predicted molar refractivity (Wildman–Crippen MR) is 88.9 cm³/mol. The molecule has 21 heavy (non-hydrogen) atoms. The van der Waals surface area contributed by atoms with Crippen LogP contribution < -0.4 is 5.01 Å². The maximum atomic E-state index is 5.19. The molecule has 2 aromatic carbocycles. The van der Waals surface area contributed by atoms with Crippen molar-refractivity contribution in [1.82, 2.24) is 0 Å². The fourth-order valence-corrected chi connectivity index (χ4v) is 2.17. The Morgan fingerprint density at radius 3 is 2.29 bits per heavy atom. The molecule has 0 aromatic heterocycles. The Morgan fingerprint density at radius 2 is 1.62 bits per heavy atom. The molecule has 0 saturated carbocycles. The summed E-state index contributed by atoms with van der Waals surface area (Å²) in [6, 6.07) is 19.6. The molecule has 2 aromatic rings. The fraction of sp³-hybridized carbons (Fsp3) is 0.0625. The summed E-state index contributed by atoms with van der Waals surface area (Å²) in [7, 11) is 1.87. The van der Waals surface area contributed by atoms with Gasteiger partial charge in [0.2, 0.25) is 0 Å². The summed E-state index contributed by atoms with van der Waals surface area (Å²) in [5.41, 5.74) is 3.12. The van der Waals surface area contributed by atoms with E-state index in [1.165, 1.54) is 0 Å². The van der Waals surface area contributed by atoms with E-state index in [1.807, 2.05) is 67.7 Å². The minimum absolute atomic E-state index is 0.289. The first-order valence-corrected chi connectivity index (χ1v) is 6.89. The van der Waals surface area contributed by atoms with Crippen LogP contribution in [-0.2, 0) is 4.84 Å². The molecule has 1 aliphatic heterocycles. The Hall–Kier alpha value is -2.53. The highest BCUT2D eigenvalue weighted by Crippen LogP contribution is 2.16. The van der Waals surface area contributed by atoms with Crippen molar-refractivity contribution in [2.45, 2.75) is 0 Å². The van der Waals surface area contributed by atoms with Crippen LogP contribution in [0.15, 0.2) is 70.9 Å². The van der Waals surface area contributed by atoms with Gasteiger partial charge in [0.25, 0.3) is 5.05 Å². The molecule has 0 unspecified atom stereocenters. The van der Waals surface area contributed by atoms with E-state index in [2.05, 4.69) is 10.3 Å². The number of anilines is 1. The topological polar surface area (TPSA) is 37.2 Å². The number of rotatable bonds is 3. The van der Waals surface area contributed by atoms with Crippen molar-refractivity contribution in [3.63, 3.8) is 0 Å². The van der Waals surface area contributed by atoms with E-state index in [1.54, 1.807) is 5.01 Å². The number of hydrazone groups is 1. The van der Waals surface area contributed by atoms with Crippen molar-refractivity contribution in [3.8, 4) is 0 Å². The predicted octanol–water partition coefficient (Wildman–Crippen LogP) is 3.24. The van der Waals surface area contributed by atoms with E-state index in [-0.39, 0.29) is 5.05 Å². The lowest BCUT2D eigenvalue weighted by Crippen LogP contribution is -2.23. The van der Waals surface area contributed by atoms with Gasteiger partial charge in [-0.3, -0.25) is 5.01 Å². The van der Waals surface area contributed by atoms with E-state index < -0.39 is 0 Å². The highest BCUT2D eigenvalue weighted by molar-refractivity contribution is 7.82. The number of para-hydroxylation sites is 1. The molecule has 0 radical (unpaired) electrons. The minimum Gasteiger partial charge on any atom is -0.342 e. The average Bonchev–Trinajstić information content (AvgIpc) is 2.90. The molecule has 0 saturated heterocycles. The quantitative estimate of drug-likeness (QED) is 0.644. The van der Waals surface area contributed by atoms with Crippen LogP contribution in [0.4, 0.5) is 5.69 Å². The molecule has 0 aliphatic carbocycles. The van der Waals surface area contributed by atoms with Crippen LogP contribution in [0.3, 0.4) is 0 Å². The first-order chi connectivity index (χ1) is 10.3. The average molecular weight is 295 g/mol. The molecule has 1 aliphatic rings. The first kappa shape index (κ1) is 13.5. The second-order valence-corrected chi connectivity index (χ2v) is 4.86. The Morgan fingerprint density at radius 1 is 1.00 bits per heavy atom. The monoisotopic (exact) mass is 295 g/mol. The lowest BCUT2D eigenvalue weighted by Gasteiger charge is -2.13. The third-order valence-corrected chi connectivity index (χ3v) is 3.33. The standard InChI is InChI=1S/C16H13N3OS/c1-19(13-10-6-3-7-11-13)17-15-14(18-20-16(15)21)12-8-4-2-5-9-12/h2-11H,1H3/b17-15+. The highest BCUT2D eigenvalue weighted by Gasteiger charge is 2.26. The lowest BCUT2D eigenvalue weighted by atomic mass is 10.1. The summed E-state index contributed by atoms with van der Waals surface area (Å²) in [5, 5.41) is 10.6. The number of nitrogens with zero attached hydrogens (tertiary/aromatic N) is 3. The molecule has 5 heteroatoms. The van der Waals surface area contributed by atoms with Gasteiger partial charge >= 0.3 is 0 Å². The van der Waals surface area contributed by atoms with E-state index in [0.717, 1.165) is 11.3 Å². The summed E-state index contributed by atoms with van der Waals surface area (Å²) in [6.07, 6.45) is 0. The third-order valence-electron chi connectivity index (χ3n) is 3.06. The van der Waals surface area contributed by atoms with Gasteiger partial charge in [-0.25, -0.2) is 0 Å².